The molecule has 2 aromatic rings. The van der Waals surface area contributed by atoms with E-state index in [-0.39, 0.29) is 18.0 Å². The maximum atomic E-state index is 11.5. The van der Waals surface area contributed by atoms with E-state index in [0.717, 1.165) is 23.5 Å². The van der Waals surface area contributed by atoms with Crippen LogP contribution in [-0.2, 0) is 4.79 Å². The van der Waals surface area contributed by atoms with E-state index in [1.54, 1.807) is 0 Å². The molecule has 0 saturated heterocycles. The van der Waals surface area contributed by atoms with Gasteiger partial charge in [0.25, 0.3) is 0 Å². The van der Waals surface area contributed by atoms with Crippen molar-refractivity contribution in [2.75, 3.05) is 6.54 Å². The van der Waals surface area contributed by atoms with Crippen molar-refractivity contribution in [1.29, 1.82) is 0 Å². The van der Waals surface area contributed by atoms with E-state index in [4.69, 9.17) is 16.2 Å². The number of para-hydroxylation sites is 1. The number of benzene rings is 2. The van der Waals surface area contributed by atoms with Crippen molar-refractivity contribution in [3.63, 3.8) is 0 Å². The Morgan fingerprint density at radius 2 is 1.71 bits per heavy atom. The Morgan fingerprint density at radius 1 is 1.08 bits per heavy atom. The average Bonchev–Trinajstić information content (AvgIpc) is 2.59. The third kappa shape index (κ3) is 5.37. The van der Waals surface area contributed by atoms with E-state index in [0.29, 0.717) is 13.0 Å². The third-order valence-corrected chi connectivity index (χ3v) is 3.85. The molecule has 1 amide bonds. The summed E-state index contributed by atoms with van der Waals surface area (Å²) in [5.41, 5.74) is 12.0. The topological polar surface area (TPSA) is 90.4 Å². The molecule has 2 aromatic carbocycles. The first kappa shape index (κ1) is 18.0. The van der Waals surface area contributed by atoms with E-state index in [9.17, 15) is 4.79 Å². The molecule has 0 aliphatic rings. The van der Waals surface area contributed by atoms with Crippen molar-refractivity contribution in [2.45, 2.75) is 31.8 Å². The second-order valence-electron chi connectivity index (χ2n) is 5.76. The summed E-state index contributed by atoms with van der Waals surface area (Å²) >= 11 is 0. The average molecular weight is 327 g/mol. The molecule has 5 N–H and O–H groups in total. The second kappa shape index (κ2) is 9.05. The molecule has 5 heteroatoms. The van der Waals surface area contributed by atoms with E-state index in [1.165, 1.54) is 0 Å². The van der Waals surface area contributed by atoms with Crippen LogP contribution in [0.5, 0.6) is 11.5 Å². The van der Waals surface area contributed by atoms with Crippen LogP contribution in [0, 0.1) is 0 Å². The molecular weight excluding hydrogens is 302 g/mol. The molecule has 2 rings (SSSR count). The molecule has 128 valence electrons. The van der Waals surface area contributed by atoms with Crippen LogP contribution in [-0.4, -0.2) is 18.5 Å². The first-order valence-corrected chi connectivity index (χ1v) is 8.18. The number of primary amides is 1. The molecule has 0 spiro atoms. The number of hydrogen-bond donors (Lipinski definition) is 3. The van der Waals surface area contributed by atoms with E-state index < -0.39 is 0 Å². The Kier molecular flexibility index (Phi) is 6.78. The Hall–Kier alpha value is -2.37. The molecule has 2 atom stereocenters. The standard InChI is InChI=1S/C19H25N3O2/c1-14(22-18(19(21)23)8-5-13-20)15-9-11-17(12-10-15)24-16-6-3-2-4-7-16/h2-4,6-7,9-12,14,18,22H,5,8,13,20H2,1H3,(H2,21,23). The molecule has 0 aliphatic carbocycles. The summed E-state index contributed by atoms with van der Waals surface area (Å²) in [6, 6.07) is 17.1. The van der Waals surface area contributed by atoms with Crippen LogP contribution < -0.4 is 21.5 Å². The minimum absolute atomic E-state index is 0.00560. The van der Waals surface area contributed by atoms with Crippen LogP contribution in [0.3, 0.4) is 0 Å². The van der Waals surface area contributed by atoms with Gasteiger partial charge in [-0.05, 0) is 56.1 Å². The number of nitrogens with one attached hydrogen (secondary N) is 1. The SMILES string of the molecule is CC(NC(CCCN)C(N)=O)c1ccc(Oc2ccccc2)cc1. The highest BCUT2D eigenvalue weighted by atomic mass is 16.5. The second-order valence-corrected chi connectivity index (χ2v) is 5.76. The number of amides is 1. The zero-order valence-corrected chi connectivity index (χ0v) is 13.9. The lowest BCUT2D eigenvalue weighted by molar-refractivity contribution is -0.120. The summed E-state index contributed by atoms with van der Waals surface area (Å²) in [4.78, 5) is 11.5. The van der Waals surface area contributed by atoms with Gasteiger partial charge in [-0.1, -0.05) is 30.3 Å². The van der Waals surface area contributed by atoms with Crippen molar-refractivity contribution in [3.05, 3.63) is 60.2 Å². The lowest BCUT2D eigenvalue weighted by Crippen LogP contribution is -2.42. The fourth-order valence-electron chi connectivity index (χ4n) is 2.48. The van der Waals surface area contributed by atoms with Crippen molar-refractivity contribution in [2.24, 2.45) is 11.5 Å². The van der Waals surface area contributed by atoms with Gasteiger partial charge in [0.05, 0.1) is 6.04 Å². The maximum Gasteiger partial charge on any atom is 0.234 e. The number of hydrogen-bond acceptors (Lipinski definition) is 4. The first-order chi connectivity index (χ1) is 11.6. The molecule has 2 unspecified atom stereocenters. The molecular formula is C19H25N3O2. The van der Waals surface area contributed by atoms with E-state index >= 15 is 0 Å². The lowest BCUT2D eigenvalue weighted by atomic mass is 10.0. The molecule has 0 heterocycles. The molecule has 0 aromatic heterocycles. The summed E-state index contributed by atoms with van der Waals surface area (Å²) < 4.78 is 5.78. The van der Waals surface area contributed by atoms with Gasteiger partial charge in [0.1, 0.15) is 11.5 Å². The summed E-state index contributed by atoms with van der Waals surface area (Å²) in [5, 5.41) is 3.27. The molecule has 0 radical (unpaired) electrons. The molecule has 0 saturated carbocycles. The van der Waals surface area contributed by atoms with E-state index in [2.05, 4.69) is 5.32 Å². The van der Waals surface area contributed by atoms with Crippen molar-refractivity contribution >= 4 is 5.91 Å². The Balaban J connectivity index is 1.97. The van der Waals surface area contributed by atoms with Gasteiger partial charge < -0.3 is 16.2 Å². The number of nitrogens with two attached hydrogens (primary N) is 2. The van der Waals surface area contributed by atoms with Crippen LogP contribution in [0.4, 0.5) is 0 Å². The zero-order chi connectivity index (χ0) is 17.4. The molecule has 0 fully saturated rings. The van der Waals surface area contributed by atoms with Gasteiger partial charge in [-0.25, -0.2) is 0 Å². The Bertz CT molecular complexity index is 629. The molecule has 0 aliphatic heterocycles. The minimum atomic E-state index is -0.371. The highest BCUT2D eigenvalue weighted by Gasteiger charge is 2.18. The number of carbonyl (C=O) groups excluding carboxylic acids is 1. The van der Waals surface area contributed by atoms with Crippen LogP contribution in [0.1, 0.15) is 31.4 Å². The normalized spacial score (nSPS) is 13.2. The van der Waals surface area contributed by atoms with E-state index in [1.807, 2.05) is 61.5 Å². The van der Waals surface area contributed by atoms with Gasteiger partial charge in [-0.2, -0.15) is 0 Å². The van der Waals surface area contributed by atoms with Crippen LogP contribution in [0.2, 0.25) is 0 Å². The fraction of sp³-hybridized carbons (Fsp3) is 0.316. The van der Waals surface area contributed by atoms with Gasteiger partial charge in [0.2, 0.25) is 5.91 Å². The summed E-state index contributed by atoms with van der Waals surface area (Å²) in [6.07, 6.45) is 1.41. The monoisotopic (exact) mass is 327 g/mol. The van der Waals surface area contributed by atoms with Crippen molar-refractivity contribution < 1.29 is 9.53 Å². The Labute approximate surface area is 143 Å². The quantitative estimate of drug-likeness (QED) is 0.660. The minimum Gasteiger partial charge on any atom is -0.457 e. The van der Waals surface area contributed by atoms with Crippen molar-refractivity contribution in [3.8, 4) is 11.5 Å². The van der Waals surface area contributed by atoms with Crippen LogP contribution in [0.25, 0.3) is 0 Å². The zero-order valence-electron chi connectivity index (χ0n) is 13.9. The highest BCUT2D eigenvalue weighted by Crippen LogP contribution is 2.23. The Morgan fingerprint density at radius 3 is 2.29 bits per heavy atom. The molecule has 24 heavy (non-hydrogen) atoms. The molecule has 0 bridgehead atoms. The number of rotatable bonds is 9. The number of carbonyl (C=O) groups is 1. The number of ether oxygens (including phenoxy) is 1. The van der Waals surface area contributed by atoms with Gasteiger partial charge in [-0.3, -0.25) is 10.1 Å². The smallest absolute Gasteiger partial charge is 0.234 e. The largest absolute Gasteiger partial charge is 0.457 e. The highest BCUT2D eigenvalue weighted by molar-refractivity contribution is 5.79. The third-order valence-electron chi connectivity index (χ3n) is 3.85. The van der Waals surface area contributed by atoms with Gasteiger partial charge in [-0.15, -0.1) is 0 Å². The lowest BCUT2D eigenvalue weighted by Gasteiger charge is -2.21. The molecule has 5 nitrogen and oxygen atoms in total. The van der Waals surface area contributed by atoms with Crippen molar-refractivity contribution in [1.82, 2.24) is 5.32 Å². The van der Waals surface area contributed by atoms with Gasteiger partial charge in [0.15, 0.2) is 0 Å². The summed E-state index contributed by atoms with van der Waals surface area (Å²) in [6.45, 7) is 2.55. The van der Waals surface area contributed by atoms with Crippen LogP contribution in [0.15, 0.2) is 54.6 Å². The maximum absolute atomic E-state index is 11.5. The summed E-state index contributed by atoms with van der Waals surface area (Å²) in [5.74, 6) is 1.22. The van der Waals surface area contributed by atoms with Gasteiger partial charge >= 0.3 is 0 Å². The summed E-state index contributed by atoms with van der Waals surface area (Å²) in [7, 11) is 0. The van der Waals surface area contributed by atoms with Gasteiger partial charge in [0, 0.05) is 6.04 Å². The van der Waals surface area contributed by atoms with Crippen LogP contribution >= 0.6 is 0 Å². The predicted octanol–water partition coefficient (Wildman–Crippen LogP) is 2.72. The fourth-order valence-corrected chi connectivity index (χ4v) is 2.48. The predicted molar refractivity (Wildman–Crippen MR) is 95.8 cm³/mol. The first-order valence-electron chi connectivity index (χ1n) is 8.18.